The van der Waals surface area contributed by atoms with Gasteiger partial charge in [-0.15, -0.1) is 11.3 Å². The summed E-state index contributed by atoms with van der Waals surface area (Å²) >= 11 is 1.38. The monoisotopic (exact) mass is 498 g/mol. The number of amides is 1. The molecule has 0 bridgehead atoms. The van der Waals surface area contributed by atoms with E-state index in [4.69, 9.17) is 4.42 Å². The number of oxazole rings is 1. The quantitative estimate of drug-likeness (QED) is 0.318. The molecule has 182 valence electrons. The van der Waals surface area contributed by atoms with Crippen LogP contribution in [0.1, 0.15) is 64.5 Å². The number of carbonyl (C=O) groups is 2. The Morgan fingerprint density at radius 3 is 2.81 bits per heavy atom. The first-order chi connectivity index (χ1) is 17.6. The van der Waals surface area contributed by atoms with Crippen LogP contribution in [0, 0.1) is 6.92 Å². The fraction of sp³-hybridized carbons (Fsp3) is 0.286. The van der Waals surface area contributed by atoms with Crippen molar-refractivity contribution in [2.75, 3.05) is 16.8 Å². The van der Waals surface area contributed by atoms with Crippen molar-refractivity contribution >= 4 is 34.3 Å². The van der Waals surface area contributed by atoms with E-state index in [9.17, 15) is 9.59 Å². The molecule has 1 N–H and O–H groups in total. The zero-order valence-corrected chi connectivity index (χ0v) is 20.8. The standard InChI is InChI=1S/C28H26N4O3S/c1-17-25(35-27(29-17)19-9-10-19)26(34)31-28-30-22(16-36-28)20-11-12-23-21(14-20)8-5-13-32(23)24(15-33)18-6-3-2-4-7-18/h2-4,6-7,11-12,14-16,19,24H,5,8-10,13H2,1H3,(H,30,31,34). The molecule has 4 aromatic rings. The van der Waals surface area contributed by atoms with Crippen LogP contribution in [0.2, 0.25) is 0 Å². The van der Waals surface area contributed by atoms with E-state index in [1.54, 1.807) is 6.92 Å². The van der Waals surface area contributed by atoms with Crippen LogP contribution >= 0.6 is 11.3 Å². The molecule has 0 spiro atoms. The van der Waals surface area contributed by atoms with Gasteiger partial charge >= 0.3 is 0 Å². The number of hydrogen-bond acceptors (Lipinski definition) is 7. The van der Waals surface area contributed by atoms with E-state index in [1.807, 2.05) is 41.8 Å². The smallest absolute Gasteiger partial charge is 0.295 e. The largest absolute Gasteiger partial charge is 0.435 e. The number of rotatable bonds is 7. The van der Waals surface area contributed by atoms with Crippen molar-refractivity contribution in [3.05, 3.63) is 82.4 Å². The molecule has 1 unspecified atom stereocenters. The number of benzene rings is 2. The number of nitrogens with zero attached hydrogens (tertiary/aromatic N) is 3. The summed E-state index contributed by atoms with van der Waals surface area (Å²) < 4.78 is 5.72. The number of thiazole rings is 1. The lowest BCUT2D eigenvalue weighted by Gasteiger charge is -2.36. The first kappa shape index (κ1) is 22.7. The number of fused-ring (bicyclic) bond motifs is 1. The van der Waals surface area contributed by atoms with Crippen LogP contribution in [0.25, 0.3) is 11.3 Å². The van der Waals surface area contributed by atoms with Gasteiger partial charge in [0.1, 0.15) is 12.3 Å². The fourth-order valence-corrected chi connectivity index (χ4v) is 5.52. The molecule has 6 rings (SSSR count). The number of nitrogens with one attached hydrogen (secondary N) is 1. The third kappa shape index (κ3) is 4.33. The second-order valence-corrected chi connectivity index (χ2v) is 10.2. The third-order valence-electron chi connectivity index (χ3n) is 6.81. The zero-order chi connectivity index (χ0) is 24.6. The minimum Gasteiger partial charge on any atom is -0.435 e. The van der Waals surface area contributed by atoms with Crippen molar-refractivity contribution in [2.45, 2.75) is 44.6 Å². The lowest BCUT2D eigenvalue weighted by Crippen LogP contribution is -2.34. The summed E-state index contributed by atoms with van der Waals surface area (Å²) in [5, 5.41) is 5.32. The van der Waals surface area contributed by atoms with Gasteiger partial charge in [0.05, 0.1) is 11.4 Å². The minimum absolute atomic E-state index is 0.255. The van der Waals surface area contributed by atoms with Crippen molar-refractivity contribution < 1.29 is 14.0 Å². The molecule has 3 heterocycles. The lowest BCUT2D eigenvalue weighted by atomic mass is 9.95. The van der Waals surface area contributed by atoms with Gasteiger partial charge in [-0.2, -0.15) is 0 Å². The molecule has 1 aliphatic carbocycles. The van der Waals surface area contributed by atoms with Crippen LogP contribution in [-0.2, 0) is 11.2 Å². The predicted molar refractivity (Wildman–Crippen MR) is 140 cm³/mol. The molecule has 36 heavy (non-hydrogen) atoms. The van der Waals surface area contributed by atoms with Gasteiger partial charge < -0.3 is 14.1 Å². The summed E-state index contributed by atoms with van der Waals surface area (Å²) in [5.41, 5.74) is 5.68. The number of aryl methyl sites for hydroxylation is 2. The Kier molecular flexibility index (Phi) is 5.89. The Morgan fingerprint density at radius 2 is 2.03 bits per heavy atom. The number of aromatic nitrogens is 2. The molecule has 0 saturated heterocycles. The molecule has 2 aliphatic rings. The Morgan fingerprint density at radius 1 is 1.19 bits per heavy atom. The van der Waals surface area contributed by atoms with Crippen LogP contribution in [0.5, 0.6) is 0 Å². The number of aldehydes is 1. The Bertz CT molecular complexity index is 1420. The SMILES string of the molecule is Cc1nc(C2CC2)oc1C(=O)Nc1nc(-c2ccc3c(c2)CCCN3C(C=O)c2ccccc2)cs1. The summed E-state index contributed by atoms with van der Waals surface area (Å²) in [6.07, 6.45) is 5.08. The topological polar surface area (TPSA) is 88.3 Å². The molecular weight excluding hydrogens is 472 g/mol. The molecule has 8 heteroatoms. The molecule has 1 saturated carbocycles. The maximum atomic E-state index is 12.8. The van der Waals surface area contributed by atoms with Crippen LogP contribution in [0.4, 0.5) is 10.8 Å². The van der Waals surface area contributed by atoms with Crippen LogP contribution in [-0.4, -0.2) is 28.7 Å². The summed E-state index contributed by atoms with van der Waals surface area (Å²) in [7, 11) is 0. The van der Waals surface area contributed by atoms with Gasteiger partial charge in [-0.25, -0.2) is 9.97 Å². The van der Waals surface area contributed by atoms with E-state index in [1.165, 1.54) is 16.9 Å². The van der Waals surface area contributed by atoms with E-state index in [-0.39, 0.29) is 17.7 Å². The maximum absolute atomic E-state index is 12.8. The number of hydrogen-bond donors (Lipinski definition) is 1. The summed E-state index contributed by atoms with van der Waals surface area (Å²) in [6.45, 7) is 2.63. The molecule has 1 amide bonds. The van der Waals surface area contributed by atoms with Crippen LogP contribution in [0.15, 0.2) is 58.3 Å². The molecule has 1 atom stereocenters. The Balaban J connectivity index is 1.21. The molecule has 2 aromatic carbocycles. The van der Waals surface area contributed by atoms with Gasteiger partial charge in [-0.3, -0.25) is 10.1 Å². The van der Waals surface area contributed by atoms with Crippen molar-refractivity contribution in [1.29, 1.82) is 0 Å². The molecule has 1 aliphatic heterocycles. The fourth-order valence-electron chi connectivity index (χ4n) is 4.81. The molecule has 1 fully saturated rings. The van der Waals surface area contributed by atoms with Gasteiger partial charge in [-0.1, -0.05) is 36.4 Å². The molecule has 7 nitrogen and oxygen atoms in total. The van der Waals surface area contributed by atoms with Crippen molar-refractivity contribution in [3.8, 4) is 11.3 Å². The maximum Gasteiger partial charge on any atom is 0.295 e. The number of anilines is 2. The normalized spacial score (nSPS) is 15.9. The van der Waals surface area contributed by atoms with Gasteiger partial charge in [0.25, 0.3) is 5.91 Å². The highest BCUT2D eigenvalue weighted by Gasteiger charge is 2.31. The first-order valence-electron chi connectivity index (χ1n) is 12.2. The first-order valence-corrected chi connectivity index (χ1v) is 13.1. The van der Waals surface area contributed by atoms with Gasteiger partial charge in [0, 0.05) is 29.1 Å². The molecule has 0 radical (unpaired) electrons. The van der Waals surface area contributed by atoms with E-state index in [0.717, 1.165) is 61.0 Å². The summed E-state index contributed by atoms with van der Waals surface area (Å²) in [5.74, 6) is 0.941. The summed E-state index contributed by atoms with van der Waals surface area (Å²) in [4.78, 5) is 36.1. The third-order valence-corrected chi connectivity index (χ3v) is 7.56. The highest BCUT2D eigenvalue weighted by Crippen LogP contribution is 2.40. The van der Waals surface area contributed by atoms with Crippen LogP contribution in [0.3, 0.4) is 0 Å². The van der Waals surface area contributed by atoms with Gasteiger partial charge in [0.15, 0.2) is 11.0 Å². The lowest BCUT2D eigenvalue weighted by molar-refractivity contribution is -0.109. The van der Waals surface area contributed by atoms with Gasteiger partial charge in [-0.05, 0) is 55.9 Å². The molecule has 2 aromatic heterocycles. The highest BCUT2D eigenvalue weighted by molar-refractivity contribution is 7.14. The van der Waals surface area contributed by atoms with Crippen molar-refractivity contribution in [2.24, 2.45) is 0 Å². The highest BCUT2D eigenvalue weighted by atomic mass is 32.1. The molecular formula is C28H26N4O3S. The summed E-state index contributed by atoms with van der Waals surface area (Å²) in [6, 6.07) is 15.9. The van der Waals surface area contributed by atoms with E-state index >= 15 is 0 Å². The van der Waals surface area contributed by atoms with E-state index in [0.29, 0.717) is 22.6 Å². The van der Waals surface area contributed by atoms with E-state index < -0.39 is 0 Å². The van der Waals surface area contributed by atoms with Gasteiger partial charge in [0.2, 0.25) is 5.76 Å². The zero-order valence-electron chi connectivity index (χ0n) is 19.9. The average molecular weight is 499 g/mol. The Labute approximate surface area is 213 Å². The van der Waals surface area contributed by atoms with Crippen molar-refractivity contribution in [1.82, 2.24) is 9.97 Å². The second kappa shape index (κ2) is 9.35. The Hall–Kier alpha value is -3.78. The van der Waals surface area contributed by atoms with Crippen LogP contribution < -0.4 is 10.2 Å². The predicted octanol–water partition coefficient (Wildman–Crippen LogP) is 5.93. The number of carbonyl (C=O) groups excluding carboxylic acids is 2. The second-order valence-electron chi connectivity index (χ2n) is 9.36. The van der Waals surface area contributed by atoms with E-state index in [2.05, 4.69) is 32.3 Å². The minimum atomic E-state index is -0.324. The van der Waals surface area contributed by atoms with Crippen molar-refractivity contribution in [3.63, 3.8) is 0 Å². The average Bonchev–Trinajstić information content (AvgIpc) is 3.53.